The van der Waals surface area contributed by atoms with E-state index in [4.69, 9.17) is 4.74 Å². The van der Waals surface area contributed by atoms with E-state index >= 15 is 0 Å². The van der Waals surface area contributed by atoms with Crippen molar-refractivity contribution in [3.63, 3.8) is 0 Å². The van der Waals surface area contributed by atoms with Crippen LogP contribution in [0.25, 0.3) is 5.82 Å². The summed E-state index contributed by atoms with van der Waals surface area (Å²) in [7, 11) is 0. The summed E-state index contributed by atoms with van der Waals surface area (Å²) in [6.07, 6.45) is 8.12. The molecule has 1 amide bonds. The van der Waals surface area contributed by atoms with Gasteiger partial charge in [-0.15, -0.1) is 0 Å². The first-order valence-electron chi connectivity index (χ1n) is 8.12. The number of ether oxygens (including phenoxy) is 1. The second-order valence-electron chi connectivity index (χ2n) is 5.74. The van der Waals surface area contributed by atoms with Crippen LogP contribution in [0.3, 0.4) is 0 Å². The van der Waals surface area contributed by atoms with Gasteiger partial charge in [0.25, 0.3) is 5.91 Å². The summed E-state index contributed by atoms with van der Waals surface area (Å²) in [6.45, 7) is 4.34. The van der Waals surface area contributed by atoms with Crippen LogP contribution < -0.4 is 5.32 Å². The molecule has 1 aliphatic rings. The SMILES string of the molecule is CCc1nccn1-c1ccc(C(=O)NCC2CCOCC2)cn1. The summed E-state index contributed by atoms with van der Waals surface area (Å²) in [5, 5.41) is 2.99. The molecule has 0 atom stereocenters. The van der Waals surface area contributed by atoms with E-state index in [2.05, 4.69) is 22.2 Å². The fourth-order valence-corrected chi connectivity index (χ4v) is 2.76. The molecule has 23 heavy (non-hydrogen) atoms. The second kappa shape index (κ2) is 7.37. The molecule has 1 fully saturated rings. The Kier molecular flexibility index (Phi) is 5.02. The maximum atomic E-state index is 12.2. The molecule has 6 nitrogen and oxygen atoms in total. The molecule has 0 aromatic carbocycles. The highest BCUT2D eigenvalue weighted by Crippen LogP contribution is 2.14. The number of carbonyl (C=O) groups excluding carboxylic acids is 1. The summed E-state index contributed by atoms with van der Waals surface area (Å²) >= 11 is 0. The van der Waals surface area contributed by atoms with Crippen molar-refractivity contribution in [1.29, 1.82) is 0 Å². The molecular weight excluding hydrogens is 292 g/mol. The summed E-state index contributed by atoms with van der Waals surface area (Å²) in [6, 6.07) is 3.66. The minimum absolute atomic E-state index is 0.0723. The van der Waals surface area contributed by atoms with Crippen molar-refractivity contribution in [2.45, 2.75) is 26.2 Å². The number of carbonyl (C=O) groups is 1. The summed E-state index contributed by atoms with van der Waals surface area (Å²) in [4.78, 5) is 20.9. The smallest absolute Gasteiger partial charge is 0.252 e. The number of aryl methyl sites for hydroxylation is 1. The molecule has 0 saturated carbocycles. The van der Waals surface area contributed by atoms with E-state index in [-0.39, 0.29) is 5.91 Å². The highest BCUT2D eigenvalue weighted by Gasteiger charge is 2.15. The van der Waals surface area contributed by atoms with Crippen molar-refractivity contribution >= 4 is 5.91 Å². The van der Waals surface area contributed by atoms with Gasteiger partial charge in [-0.1, -0.05) is 6.92 Å². The molecule has 0 bridgehead atoms. The molecule has 2 aromatic rings. The maximum absolute atomic E-state index is 12.2. The van der Waals surface area contributed by atoms with Crippen LogP contribution in [0.2, 0.25) is 0 Å². The summed E-state index contributed by atoms with van der Waals surface area (Å²) in [5.74, 6) is 2.17. The first-order chi connectivity index (χ1) is 11.3. The van der Waals surface area contributed by atoms with Crippen LogP contribution in [0.5, 0.6) is 0 Å². The molecule has 0 radical (unpaired) electrons. The normalized spacial score (nSPS) is 15.5. The highest BCUT2D eigenvalue weighted by atomic mass is 16.5. The van der Waals surface area contributed by atoms with Crippen molar-refractivity contribution in [2.24, 2.45) is 5.92 Å². The maximum Gasteiger partial charge on any atom is 0.252 e. The van der Waals surface area contributed by atoms with E-state index in [0.717, 1.165) is 44.1 Å². The minimum atomic E-state index is -0.0723. The zero-order valence-corrected chi connectivity index (χ0v) is 13.4. The number of imidazole rings is 1. The quantitative estimate of drug-likeness (QED) is 0.916. The molecule has 0 aliphatic carbocycles. The largest absolute Gasteiger partial charge is 0.381 e. The third-order valence-corrected chi connectivity index (χ3v) is 4.18. The fourth-order valence-electron chi connectivity index (χ4n) is 2.76. The monoisotopic (exact) mass is 314 g/mol. The van der Waals surface area contributed by atoms with Gasteiger partial charge in [0.15, 0.2) is 0 Å². The van der Waals surface area contributed by atoms with E-state index in [1.807, 2.05) is 16.8 Å². The number of pyridine rings is 1. The highest BCUT2D eigenvalue weighted by molar-refractivity contribution is 5.93. The first-order valence-corrected chi connectivity index (χ1v) is 8.12. The van der Waals surface area contributed by atoms with Gasteiger partial charge < -0.3 is 10.1 Å². The van der Waals surface area contributed by atoms with Crippen LogP contribution in [0, 0.1) is 5.92 Å². The Labute approximate surface area is 135 Å². The number of nitrogens with one attached hydrogen (secondary N) is 1. The van der Waals surface area contributed by atoms with Crippen LogP contribution in [0.1, 0.15) is 35.9 Å². The molecular formula is C17H22N4O2. The van der Waals surface area contributed by atoms with Gasteiger partial charge in [-0.05, 0) is 30.9 Å². The van der Waals surface area contributed by atoms with E-state index < -0.39 is 0 Å². The molecule has 1 saturated heterocycles. The lowest BCUT2D eigenvalue weighted by Gasteiger charge is -2.22. The predicted molar refractivity (Wildman–Crippen MR) is 86.6 cm³/mol. The zero-order chi connectivity index (χ0) is 16.1. The average molecular weight is 314 g/mol. The van der Waals surface area contributed by atoms with Crippen LogP contribution >= 0.6 is 0 Å². The van der Waals surface area contributed by atoms with Crippen LogP contribution in [-0.4, -0.2) is 40.2 Å². The van der Waals surface area contributed by atoms with Gasteiger partial charge in [-0.2, -0.15) is 0 Å². The zero-order valence-electron chi connectivity index (χ0n) is 13.4. The van der Waals surface area contributed by atoms with Crippen molar-refractivity contribution < 1.29 is 9.53 Å². The molecule has 0 spiro atoms. The third-order valence-electron chi connectivity index (χ3n) is 4.18. The summed E-state index contributed by atoms with van der Waals surface area (Å²) in [5.41, 5.74) is 0.582. The van der Waals surface area contributed by atoms with Crippen molar-refractivity contribution in [3.8, 4) is 5.82 Å². The van der Waals surface area contributed by atoms with Crippen molar-refractivity contribution in [1.82, 2.24) is 19.9 Å². The number of nitrogens with zero attached hydrogens (tertiary/aromatic N) is 3. The van der Waals surface area contributed by atoms with Gasteiger partial charge in [0, 0.05) is 44.8 Å². The van der Waals surface area contributed by atoms with Gasteiger partial charge in [0.1, 0.15) is 11.6 Å². The second-order valence-corrected chi connectivity index (χ2v) is 5.74. The Balaban J connectivity index is 1.61. The molecule has 3 heterocycles. The van der Waals surface area contributed by atoms with Gasteiger partial charge in [-0.25, -0.2) is 9.97 Å². The van der Waals surface area contributed by atoms with Gasteiger partial charge >= 0.3 is 0 Å². The lowest BCUT2D eigenvalue weighted by atomic mass is 10.0. The molecule has 1 aliphatic heterocycles. The van der Waals surface area contributed by atoms with Gasteiger partial charge in [0.2, 0.25) is 0 Å². The number of hydrogen-bond donors (Lipinski definition) is 1. The van der Waals surface area contributed by atoms with Crippen molar-refractivity contribution in [2.75, 3.05) is 19.8 Å². The van der Waals surface area contributed by atoms with Crippen LogP contribution in [-0.2, 0) is 11.2 Å². The lowest BCUT2D eigenvalue weighted by molar-refractivity contribution is 0.0642. The predicted octanol–water partition coefficient (Wildman–Crippen LogP) is 1.99. The number of amides is 1. The topological polar surface area (TPSA) is 69.0 Å². The molecule has 122 valence electrons. The lowest BCUT2D eigenvalue weighted by Crippen LogP contribution is -2.32. The van der Waals surface area contributed by atoms with Gasteiger partial charge in [-0.3, -0.25) is 9.36 Å². The van der Waals surface area contributed by atoms with Crippen molar-refractivity contribution in [3.05, 3.63) is 42.1 Å². The van der Waals surface area contributed by atoms with Crippen LogP contribution in [0.15, 0.2) is 30.7 Å². The Morgan fingerprint density at radius 2 is 2.17 bits per heavy atom. The first kappa shape index (κ1) is 15.7. The standard InChI is InChI=1S/C17H22N4O2/c1-2-15-18-7-8-21(15)16-4-3-14(12-19-16)17(22)20-11-13-5-9-23-10-6-13/h3-4,7-8,12-13H,2,5-6,9-11H2,1H3,(H,20,22). The molecule has 3 rings (SSSR count). The minimum Gasteiger partial charge on any atom is -0.381 e. The number of rotatable bonds is 5. The Bertz CT molecular complexity index is 645. The van der Waals surface area contributed by atoms with E-state index in [0.29, 0.717) is 18.0 Å². The van der Waals surface area contributed by atoms with Gasteiger partial charge in [0.05, 0.1) is 5.56 Å². The Morgan fingerprint density at radius 3 is 2.87 bits per heavy atom. The summed E-state index contributed by atoms with van der Waals surface area (Å²) < 4.78 is 7.26. The molecule has 2 aromatic heterocycles. The molecule has 1 N–H and O–H groups in total. The van der Waals surface area contributed by atoms with E-state index in [9.17, 15) is 4.79 Å². The molecule has 0 unspecified atom stereocenters. The average Bonchev–Trinajstić information content (AvgIpc) is 3.09. The molecule has 6 heteroatoms. The Hall–Kier alpha value is -2.21. The van der Waals surface area contributed by atoms with Crippen LogP contribution in [0.4, 0.5) is 0 Å². The fraction of sp³-hybridized carbons (Fsp3) is 0.471. The number of hydrogen-bond acceptors (Lipinski definition) is 4. The van der Waals surface area contributed by atoms with E-state index in [1.54, 1.807) is 18.5 Å². The Morgan fingerprint density at radius 1 is 1.35 bits per heavy atom. The third kappa shape index (κ3) is 3.76. The van der Waals surface area contributed by atoms with E-state index in [1.165, 1.54) is 0 Å². The number of aromatic nitrogens is 3.